The first-order valence-electron chi connectivity index (χ1n) is 6.79. The molecule has 0 aliphatic heterocycles. The van der Waals surface area contributed by atoms with Crippen LogP contribution in [-0.4, -0.2) is 5.16 Å². The third kappa shape index (κ3) is 3.15. The lowest BCUT2D eigenvalue weighted by molar-refractivity contribution is 0.240. The van der Waals surface area contributed by atoms with E-state index in [1.807, 2.05) is 24.3 Å². The van der Waals surface area contributed by atoms with Crippen molar-refractivity contribution in [2.45, 2.75) is 34.1 Å². The van der Waals surface area contributed by atoms with Crippen LogP contribution in [0.2, 0.25) is 5.02 Å². The average molecular weight is 293 g/mol. The van der Waals surface area contributed by atoms with Gasteiger partial charge in [-0.3, -0.25) is 0 Å². The monoisotopic (exact) mass is 292 g/mol. The Kier molecular flexibility index (Phi) is 4.09. The number of hydrogen-bond donors (Lipinski definition) is 1. The molecule has 1 heterocycles. The molecule has 0 fully saturated rings. The Hall–Kier alpha value is -1.48. The predicted molar refractivity (Wildman–Crippen MR) is 83.7 cm³/mol. The minimum Gasteiger partial charge on any atom is -0.380 e. The minimum atomic E-state index is 0.207. The molecular weight excluding hydrogens is 272 g/mol. The first-order chi connectivity index (χ1) is 9.29. The number of halogens is 1. The van der Waals surface area contributed by atoms with Gasteiger partial charge in [-0.05, 0) is 29.0 Å². The first kappa shape index (κ1) is 14.9. The molecule has 0 amide bonds. The molecule has 0 aliphatic carbocycles. The fraction of sp³-hybridized carbons (Fsp3) is 0.438. The highest BCUT2D eigenvalue weighted by Crippen LogP contribution is 2.35. The summed E-state index contributed by atoms with van der Waals surface area (Å²) < 4.78 is 5.44. The number of aromatic nitrogens is 1. The zero-order valence-electron chi connectivity index (χ0n) is 12.4. The molecule has 2 aromatic rings. The van der Waals surface area contributed by atoms with Gasteiger partial charge in [-0.25, -0.2) is 0 Å². The van der Waals surface area contributed by atoms with Crippen LogP contribution in [0.3, 0.4) is 0 Å². The summed E-state index contributed by atoms with van der Waals surface area (Å²) in [6.45, 7) is 8.88. The molecule has 1 aromatic carbocycles. The summed E-state index contributed by atoms with van der Waals surface area (Å²) >= 11 is 5.93. The SMILES string of the molecule is CC(Cc1onc(N)c1-c1ccc(Cl)cc1)C(C)(C)C. The van der Waals surface area contributed by atoms with Gasteiger partial charge in [-0.15, -0.1) is 0 Å². The molecule has 0 aliphatic rings. The fourth-order valence-electron chi connectivity index (χ4n) is 1.99. The Morgan fingerprint density at radius 3 is 2.40 bits per heavy atom. The molecule has 0 radical (unpaired) electrons. The van der Waals surface area contributed by atoms with E-state index in [1.165, 1.54) is 0 Å². The Bertz CT molecular complexity index is 582. The van der Waals surface area contributed by atoms with Crippen LogP contribution in [0.15, 0.2) is 28.8 Å². The third-order valence-electron chi connectivity index (χ3n) is 3.89. The summed E-state index contributed by atoms with van der Waals surface area (Å²) in [5, 5.41) is 4.62. The highest BCUT2D eigenvalue weighted by Gasteiger charge is 2.25. The summed E-state index contributed by atoms with van der Waals surface area (Å²) in [6, 6.07) is 7.58. The number of nitrogens with zero attached hydrogens (tertiary/aromatic N) is 1. The number of anilines is 1. The second-order valence-corrected chi connectivity index (χ2v) is 6.78. The maximum atomic E-state index is 5.96. The summed E-state index contributed by atoms with van der Waals surface area (Å²) in [5.74, 6) is 1.73. The number of nitrogen functional groups attached to an aromatic ring is 1. The van der Waals surface area contributed by atoms with Crippen LogP contribution in [0, 0.1) is 11.3 Å². The van der Waals surface area contributed by atoms with Gasteiger partial charge in [0.1, 0.15) is 5.76 Å². The van der Waals surface area contributed by atoms with Crippen LogP contribution >= 0.6 is 11.6 Å². The van der Waals surface area contributed by atoms with Gasteiger partial charge in [0, 0.05) is 11.4 Å². The number of rotatable bonds is 3. The number of benzene rings is 1. The van der Waals surface area contributed by atoms with Gasteiger partial charge in [0.15, 0.2) is 5.82 Å². The van der Waals surface area contributed by atoms with E-state index in [-0.39, 0.29) is 5.41 Å². The van der Waals surface area contributed by atoms with Gasteiger partial charge >= 0.3 is 0 Å². The summed E-state index contributed by atoms with van der Waals surface area (Å²) in [7, 11) is 0. The van der Waals surface area contributed by atoms with Crippen molar-refractivity contribution < 1.29 is 4.52 Å². The zero-order valence-corrected chi connectivity index (χ0v) is 13.2. The van der Waals surface area contributed by atoms with Crippen LogP contribution in [-0.2, 0) is 6.42 Å². The molecule has 0 saturated heterocycles. The molecule has 1 atom stereocenters. The van der Waals surface area contributed by atoms with Crippen molar-refractivity contribution in [2.24, 2.45) is 11.3 Å². The van der Waals surface area contributed by atoms with Crippen molar-refractivity contribution in [3.05, 3.63) is 35.0 Å². The molecule has 1 unspecified atom stereocenters. The molecule has 20 heavy (non-hydrogen) atoms. The number of nitrogens with two attached hydrogens (primary N) is 1. The molecule has 108 valence electrons. The molecule has 1 aromatic heterocycles. The lowest BCUT2D eigenvalue weighted by Crippen LogP contribution is -2.19. The molecule has 4 heteroatoms. The van der Waals surface area contributed by atoms with Gasteiger partial charge in [-0.1, -0.05) is 56.6 Å². The van der Waals surface area contributed by atoms with Gasteiger partial charge in [0.2, 0.25) is 0 Å². The molecule has 2 rings (SSSR count). The van der Waals surface area contributed by atoms with E-state index in [2.05, 4.69) is 32.9 Å². The quantitative estimate of drug-likeness (QED) is 0.884. The van der Waals surface area contributed by atoms with Crippen LogP contribution < -0.4 is 5.73 Å². The van der Waals surface area contributed by atoms with E-state index in [0.29, 0.717) is 16.8 Å². The minimum absolute atomic E-state index is 0.207. The Morgan fingerprint density at radius 1 is 1.25 bits per heavy atom. The lowest BCUT2D eigenvalue weighted by atomic mass is 9.79. The first-order valence-corrected chi connectivity index (χ1v) is 7.17. The van der Waals surface area contributed by atoms with E-state index in [4.69, 9.17) is 21.9 Å². The smallest absolute Gasteiger partial charge is 0.175 e. The van der Waals surface area contributed by atoms with E-state index in [9.17, 15) is 0 Å². The maximum absolute atomic E-state index is 5.96. The molecule has 0 saturated carbocycles. The van der Waals surface area contributed by atoms with Gasteiger partial charge in [0.25, 0.3) is 0 Å². The topological polar surface area (TPSA) is 52.0 Å². The van der Waals surface area contributed by atoms with Crippen LogP contribution in [0.5, 0.6) is 0 Å². The Labute approximate surface area is 125 Å². The van der Waals surface area contributed by atoms with Crippen molar-refractivity contribution in [1.82, 2.24) is 5.16 Å². The molecule has 0 bridgehead atoms. The molecule has 2 N–H and O–H groups in total. The van der Waals surface area contributed by atoms with Crippen LogP contribution in [0.1, 0.15) is 33.5 Å². The molecule has 0 spiro atoms. The van der Waals surface area contributed by atoms with Crippen LogP contribution in [0.25, 0.3) is 11.1 Å². The Morgan fingerprint density at radius 2 is 1.85 bits per heavy atom. The normalized spacial score (nSPS) is 13.4. The summed E-state index contributed by atoms with van der Waals surface area (Å²) in [4.78, 5) is 0. The van der Waals surface area contributed by atoms with Crippen molar-refractivity contribution in [3.8, 4) is 11.1 Å². The lowest BCUT2D eigenvalue weighted by Gasteiger charge is -2.26. The standard InChI is InChI=1S/C16H21ClN2O/c1-10(16(2,3)4)9-13-14(15(18)19-20-13)11-5-7-12(17)8-6-11/h5-8,10H,9H2,1-4H3,(H2,18,19). The van der Waals surface area contributed by atoms with Gasteiger partial charge in [0.05, 0.1) is 5.56 Å². The van der Waals surface area contributed by atoms with Crippen molar-refractivity contribution in [3.63, 3.8) is 0 Å². The average Bonchev–Trinajstić information content (AvgIpc) is 2.71. The van der Waals surface area contributed by atoms with Crippen molar-refractivity contribution >= 4 is 17.4 Å². The fourth-order valence-corrected chi connectivity index (χ4v) is 2.11. The van der Waals surface area contributed by atoms with Crippen molar-refractivity contribution in [1.29, 1.82) is 0 Å². The summed E-state index contributed by atoms with van der Waals surface area (Å²) in [5.41, 5.74) is 8.04. The highest BCUT2D eigenvalue weighted by molar-refractivity contribution is 6.30. The predicted octanol–water partition coefficient (Wildman–Crippen LogP) is 4.80. The van der Waals surface area contributed by atoms with Crippen LogP contribution in [0.4, 0.5) is 5.82 Å². The van der Waals surface area contributed by atoms with E-state index < -0.39 is 0 Å². The number of hydrogen-bond acceptors (Lipinski definition) is 3. The largest absolute Gasteiger partial charge is 0.380 e. The molecule has 3 nitrogen and oxygen atoms in total. The third-order valence-corrected chi connectivity index (χ3v) is 4.14. The Balaban J connectivity index is 2.35. The summed E-state index contributed by atoms with van der Waals surface area (Å²) in [6.07, 6.45) is 0.811. The van der Waals surface area contributed by atoms with Gasteiger partial charge < -0.3 is 10.3 Å². The van der Waals surface area contributed by atoms with Gasteiger partial charge in [-0.2, -0.15) is 0 Å². The second kappa shape index (κ2) is 5.49. The van der Waals surface area contributed by atoms with E-state index >= 15 is 0 Å². The van der Waals surface area contributed by atoms with Crippen molar-refractivity contribution in [2.75, 3.05) is 5.73 Å². The maximum Gasteiger partial charge on any atom is 0.175 e. The van der Waals surface area contributed by atoms with E-state index in [0.717, 1.165) is 23.3 Å². The highest BCUT2D eigenvalue weighted by atomic mass is 35.5. The second-order valence-electron chi connectivity index (χ2n) is 6.34. The zero-order chi connectivity index (χ0) is 14.9. The van der Waals surface area contributed by atoms with E-state index in [1.54, 1.807) is 0 Å². The molecular formula is C16H21ClN2O.